The zero-order chi connectivity index (χ0) is 85.2. The van der Waals surface area contributed by atoms with Crippen LogP contribution < -0.4 is 41.9 Å². The summed E-state index contributed by atoms with van der Waals surface area (Å²) < 4.78 is 23.3. The molecule has 35 heteroatoms. The molecule has 1 amide bonds. The van der Waals surface area contributed by atoms with E-state index in [4.69, 9.17) is 23.4 Å². The molecule has 596 valence electrons. The summed E-state index contributed by atoms with van der Waals surface area (Å²) in [6, 6.07) is 48.5. The minimum Gasteiger partial charge on any atom is -0.465 e. The van der Waals surface area contributed by atoms with Crippen molar-refractivity contribution in [3.05, 3.63) is 345 Å². The number of anilines is 11. The standard InChI is InChI=1S/C24H22N6O2.C23H21N7O2.C18H15BrN4O2.C9H7BrN4.C5H3Br2N.C4H5N3.H2/c1-25-21-13-19(9-10-27-21)20-7-8-22(29-14-20)30(23-15-26-11-12-28-23)16-17-3-5-18(6-4-17)24(31)32-2;1-24-20-12-18(8-9-26-20)19-6-7-21(28-13-19)30(22-14-25-10-11-27-22)15-16-2-4-17(5-3-16)23(31)29-32;1-25-18(24)14-4-2-13(3-5-14)12-23(17-11-20-8-9-21-17)16-7-6-15(19)10-22-16;10-7-1-2-12-8(5-7)14-9-6-11-3-4-13-9;6-4-1-2-8-5(7)3-4;5-4-3-6-1-2-7-4;/h3-15H,16H2,1-2H3,(H,25,27);2-14,32H,15H2,1H3,(H,24,26)(H,29,31);2-11H,12H2,1H3;1-6H,(H,12,13,14);1-3H;1-3H,(H2,5,7);1H/i;;;;;;1+2T. The number of aromatic nitrogens is 17. The number of carbonyl (C=O) groups excluding carboxylic acids is 3. The molecule has 0 aliphatic heterocycles. The second kappa shape index (κ2) is 45.8. The fraction of sp³-hybridized carbons (Fsp3) is 0.0843. The van der Waals surface area contributed by atoms with E-state index < -0.39 is 5.91 Å². The number of esters is 2. The molecule has 0 saturated heterocycles. The number of methoxy groups -OCH3 is 2. The average molecular weight is 1840 g/mol. The molecule has 0 fully saturated rings. The molecule has 0 aliphatic carbocycles. The van der Waals surface area contributed by atoms with Gasteiger partial charge in [0.2, 0.25) is 0 Å². The van der Waals surface area contributed by atoms with Crippen LogP contribution in [0.3, 0.4) is 0 Å². The van der Waals surface area contributed by atoms with Crippen molar-refractivity contribution in [2.24, 2.45) is 0 Å². The minimum atomic E-state index is -0.558. The van der Waals surface area contributed by atoms with Crippen molar-refractivity contribution in [3.63, 3.8) is 0 Å². The summed E-state index contributed by atoms with van der Waals surface area (Å²) in [4.78, 5) is 112. The van der Waals surface area contributed by atoms with Gasteiger partial charge in [-0.15, -0.1) is 0 Å². The molecule has 118 heavy (non-hydrogen) atoms. The van der Waals surface area contributed by atoms with Gasteiger partial charge in [0.25, 0.3) is 5.91 Å². The highest BCUT2D eigenvalue weighted by Gasteiger charge is 2.19. The average Bonchev–Trinajstić information content (AvgIpc) is 0.818. The quantitative estimate of drug-likeness (QED) is 0.0168. The van der Waals surface area contributed by atoms with Gasteiger partial charge in [-0.1, -0.05) is 68.3 Å². The van der Waals surface area contributed by atoms with Crippen molar-refractivity contribution in [2.45, 2.75) is 19.6 Å². The SMILES string of the molecule is Brc1ccnc(Br)c1.Brc1ccnc(Nc2cnccn2)c1.CNc1cc(-c2ccc(N(Cc3ccc(C(=O)NO)cc3)c3cnccn3)nc2)ccn1.CNc1cc(-c2ccc(N(Cc3ccc(C(=O)OC)cc3)c3cnccn3)nc2)ccn1.COC(=O)c1ccc(CN(c2ccc(Br)cn2)c2cnccn2)cc1.Nc1cnccn1.[3H][3H]. The van der Waals surface area contributed by atoms with Gasteiger partial charge in [-0.25, -0.2) is 74.9 Å². The fourth-order valence-electron chi connectivity index (χ4n) is 10.3. The number of ether oxygens (including phenoxy) is 2. The Kier molecular flexibility index (Phi) is 32.9. The number of nitrogens with zero attached hydrogens (tertiary/aromatic N) is 20. The molecule has 31 nitrogen and oxygen atoms in total. The molecule has 0 aliphatic rings. The lowest BCUT2D eigenvalue weighted by Crippen LogP contribution is -2.20. The van der Waals surface area contributed by atoms with Gasteiger partial charge in [0.15, 0.2) is 17.5 Å². The monoisotopic (exact) mass is 1840 g/mol. The van der Waals surface area contributed by atoms with Crippen molar-refractivity contribution in [3.8, 4) is 22.3 Å². The molecule has 0 atom stereocenters. The van der Waals surface area contributed by atoms with Crippen LogP contribution >= 0.6 is 63.7 Å². The highest BCUT2D eigenvalue weighted by atomic mass is 79.9. The van der Waals surface area contributed by atoms with Gasteiger partial charge in [0.05, 0.1) is 76.0 Å². The second-order valence-electron chi connectivity index (χ2n) is 24.0. The number of benzene rings is 3. The number of hydroxylamine groups is 1. The van der Waals surface area contributed by atoms with Crippen molar-refractivity contribution >= 4 is 146 Å². The van der Waals surface area contributed by atoms with Gasteiger partial charge in [-0.05, 0) is 181 Å². The number of pyridine rings is 7. The van der Waals surface area contributed by atoms with E-state index in [0.29, 0.717) is 71.2 Å². The van der Waals surface area contributed by atoms with Crippen LogP contribution in [0.2, 0.25) is 0 Å². The number of rotatable bonds is 21. The molecular weight excluding hydrogens is 1760 g/mol. The van der Waals surface area contributed by atoms with Crippen molar-refractivity contribution < 1.29 is 32.0 Å². The maximum absolute atomic E-state index is 11.7. The van der Waals surface area contributed by atoms with E-state index in [2.05, 4.69) is 164 Å². The van der Waals surface area contributed by atoms with Gasteiger partial charge in [-0.2, -0.15) is 0 Å². The zero-order valence-electron chi connectivity index (χ0n) is 65.4. The Bertz CT molecular complexity index is 5390. The van der Waals surface area contributed by atoms with Gasteiger partial charge >= 0.3 is 11.9 Å². The summed E-state index contributed by atoms with van der Waals surface area (Å²) in [5.41, 5.74) is 15.1. The van der Waals surface area contributed by atoms with E-state index in [1.54, 1.807) is 160 Å². The van der Waals surface area contributed by atoms with E-state index in [-0.39, 0.29) is 11.9 Å². The number of carbonyl (C=O) groups is 3. The Morgan fingerprint density at radius 2 is 0.754 bits per heavy atom. The number of hydrogen-bond donors (Lipinski definition) is 6. The highest BCUT2D eigenvalue weighted by molar-refractivity contribution is 9.11. The molecule has 7 N–H and O–H groups in total. The summed E-state index contributed by atoms with van der Waals surface area (Å²) in [7, 11) is 6.40. The summed E-state index contributed by atoms with van der Waals surface area (Å²) >= 11 is 13.3. The Balaban J connectivity index is 0.000000174. The Morgan fingerprint density at radius 3 is 1.08 bits per heavy atom. The first-order chi connectivity index (χ1) is 58.5. The number of halogens is 4. The predicted octanol–water partition coefficient (Wildman–Crippen LogP) is 16.6. The predicted molar refractivity (Wildman–Crippen MR) is 466 cm³/mol. The Labute approximate surface area is 714 Å². The molecule has 12 heterocycles. The first-order valence-electron chi connectivity index (χ1n) is 36.3. The summed E-state index contributed by atoms with van der Waals surface area (Å²) in [6.45, 7) is 1.51. The van der Waals surface area contributed by atoms with E-state index in [9.17, 15) is 14.4 Å². The summed E-state index contributed by atoms with van der Waals surface area (Å²) in [5, 5.41) is 17.9. The molecule has 15 rings (SSSR count). The van der Waals surface area contributed by atoms with Gasteiger partial charge in [-0.3, -0.25) is 34.9 Å². The minimum absolute atomic E-state index is 0.355. The number of nitrogens with two attached hydrogens (primary N) is 1. The molecule has 15 aromatic rings. The summed E-state index contributed by atoms with van der Waals surface area (Å²) in [5.74, 6) is 6.37. The van der Waals surface area contributed by atoms with Crippen molar-refractivity contribution in [2.75, 3.05) is 64.7 Å². The molecule has 12 aromatic heterocycles. The molecule has 0 spiro atoms. The number of hydrogen-bond acceptors (Lipinski definition) is 30. The Hall–Kier alpha value is -14.0. The van der Waals surface area contributed by atoms with Gasteiger partial charge in [0, 0.05) is 153 Å². The highest BCUT2D eigenvalue weighted by Crippen LogP contribution is 2.31. The fourth-order valence-corrected chi connectivity index (χ4v) is 11.9. The Morgan fingerprint density at radius 1 is 0.364 bits per heavy atom. The van der Waals surface area contributed by atoms with Crippen LogP contribution in [0.15, 0.2) is 312 Å². The second-order valence-corrected chi connectivity index (χ2v) is 27.5. The topological polar surface area (TPSA) is 393 Å². The first kappa shape index (κ1) is 84.9. The molecule has 3 aromatic carbocycles. The molecule has 0 bridgehead atoms. The van der Waals surface area contributed by atoms with Crippen LogP contribution in [0.4, 0.5) is 64.0 Å². The largest absolute Gasteiger partial charge is 0.465 e. The van der Waals surface area contributed by atoms with E-state index in [0.717, 1.165) is 86.1 Å². The number of nitrogen functional groups attached to an aromatic ring is 1. The molecular formula is C83H75Br4N25O6. The van der Waals surface area contributed by atoms with Crippen LogP contribution in [0.25, 0.3) is 22.3 Å². The van der Waals surface area contributed by atoms with Crippen molar-refractivity contribution in [1.82, 2.24) is 90.2 Å². The number of amides is 1. The maximum Gasteiger partial charge on any atom is 0.337 e. The summed E-state index contributed by atoms with van der Waals surface area (Å²) in [6.07, 6.45) is 36.7. The lowest BCUT2D eigenvalue weighted by Gasteiger charge is -2.23. The van der Waals surface area contributed by atoms with Crippen LogP contribution in [0, 0.1) is 0 Å². The number of nitrogens with one attached hydrogen (secondary N) is 4. The van der Waals surface area contributed by atoms with Crippen molar-refractivity contribution in [1.29, 1.82) is 0 Å². The molecule has 0 saturated carbocycles. The van der Waals surface area contributed by atoms with Crippen LogP contribution in [-0.2, 0) is 29.1 Å². The smallest absolute Gasteiger partial charge is 0.337 e. The van der Waals surface area contributed by atoms with Crippen LogP contribution in [0.5, 0.6) is 0 Å². The first-order valence-corrected chi connectivity index (χ1v) is 38.5. The lowest BCUT2D eigenvalue weighted by molar-refractivity contribution is 0.0592. The lowest BCUT2D eigenvalue weighted by atomic mass is 10.1. The van der Waals surface area contributed by atoms with Crippen LogP contribution in [0.1, 0.15) is 50.7 Å². The van der Waals surface area contributed by atoms with E-state index >= 15 is 0 Å². The third kappa shape index (κ3) is 27.1. The van der Waals surface area contributed by atoms with Gasteiger partial charge in [0.1, 0.15) is 51.1 Å². The molecule has 0 radical (unpaired) electrons. The zero-order valence-corrected chi connectivity index (χ0v) is 69.7. The van der Waals surface area contributed by atoms with Crippen LogP contribution in [-0.4, -0.2) is 136 Å². The molecule has 0 unspecified atom stereocenters. The van der Waals surface area contributed by atoms with E-state index in [1.807, 2.05) is 163 Å². The van der Waals surface area contributed by atoms with Gasteiger partial charge < -0.3 is 45.9 Å². The normalized spacial score (nSPS) is 10.2. The van der Waals surface area contributed by atoms with E-state index in [1.165, 1.54) is 20.4 Å². The third-order valence-corrected chi connectivity index (χ3v) is 18.0. The maximum atomic E-state index is 11.7. The third-order valence-electron chi connectivity index (χ3n) is 16.1.